The van der Waals surface area contributed by atoms with Crippen LogP contribution in [0.25, 0.3) is 21.3 Å². The summed E-state index contributed by atoms with van der Waals surface area (Å²) in [5.41, 5.74) is 3.44. The number of amides is 2. The molecule has 0 aliphatic heterocycles. The molecule has 4 aromatic rings. The smallest absolute Gasteiger partial charge is 0.234 e. The number of fused-ring (bicyclic) bond motifs is 2. The Morgan fingerprint density at radius 3 is 2.71 bits per heavy atom. The van der Waals surface area contributed by atoms with Crippen molar-refractivity contribution in [3.63, 3.8) is 0 Å². The molecule has 7 nitrogen and oxygen atoms in total. The average Bonchev–Trinajstić information content (AvgIpc) is 3.32. The highest BCUT2D eigenvalue weighted by Gasteiger charge is 2.23. The van der Waals surface area contributed by atoms with Crippen molar-refractivity contribution in [2.24, 2.45) is 0 Å². The van der Waals surface area contributed by atoms with Crippen LogP contribution in [0.15, 0.2) is 52.0 Å². The number of carbonyl (C=O) groups is 2. The van der Waals surface area contributed by atoms with Gasteiger partial charge in [-0.1, -0.05) is 35.7 Å². The fourth-order valence-corrected chi connectivity index (χ4v) is 5.60. The van der Waals surface area contributed by atoms with Crippen LogP contribution < -0.4 is 10.6 Å². The Morgan fingerprint density at radius 2 is 1.87 bits per heavy atom. The first-order chi connectivity index (χ1) is 15.1. The van der Waals surface area contributed by atoms with E-state index in [4.69, 9.17) is 0 Å². The van der Waals surface area contributed by atoms with Gasteiger partial charge in [0.15, 0.2) is 9.50 Å². The first-order valence-corrected chi connectivity index (χ1v) is 12.6. The molecular weight excluding hydrogens is 450 g/mol. The number of para-hydroxylation sites is 2. The Labute approximate surface area is 190 Å². The second kappa shape index (κ2) is 8.89. The quantitative estimate of drug-likeness (QED) is 0.333. The van der Waals surface area contributed by atoms with Gasteiger partial charge < -0.3 is 15.6 Å². The zero-order valence-corrected chi connectivity index (χ0v) is 18.8. The van der Waals surface area contributed by atoms with Crippen molar-refractivity contribution in [1.29, 1.82) is 0 Å². The van der Waals surface area contributed by atoms with Gasteiger partial charge in [-0.2, -0.15) is 0 Å². The Bertz CT molecular complexity index is 1230. The maximum absolute atomic E-state index is 12.4. The number of nitrogens with zero attached hydrogens (tertiary/aromatic N) is 2. The van der Waals surface area contributed by atoms with Crippen LogP contribution in [-0.4, -0.2) is 44.3 Å². The molecule has 0 atom stereocenters. The summed E-state index contributed by atoms with van der Waals surface area (Å²) in [4.78, 5) is 36.5. The predicted octanol–water partition coefficient (Wildman–Crippen LogP) is 4.27. The lowest BCUT2D eigenvalue weighted by Crippen LogP contribution is -2.26. The summed E-state index contributed by atoms with van der Waals surface area (Å²) in [5.74, 6) is 0.596. The van der Waals surface area contributed by atoms with Crippen molar-refractivity contribution in [1.82, 2.24) is 20.3 Å². The number of H-pyrrole nitrogens is 1. The minimum Gasteiger partial charge on any atom is -0.353 e. The molecule has 2 amide bonds. The van der Waals surface area contributed by atoms with Crippen LogP contribution in [0.1, 0.15) is 12.8 Å². The third kappa shape index (κ3) is 5.20. The van der Waals surface area contributed by atoms with Crippen LogP contribution in [0.2, 0.25) is 0 Å². The van der Waals surface area contributed by atoms with Crippen molar-refractivity contribution >= 4 is 73.6 Å². The molecular formula is C21H19N5O2S3. The molecule has 31 heavy (non-hydrogen) atoms. The molecule has 10 heteroatoms. The van der Waals surface area contributed by atoms with Crippen molar-refractivity contribution < 1.29 is 9.59 Å². The van der Waals surface area contributed by atoms with Crippen molar-refractivity contribution in [3.8, 4) is 0 Å². The van der Waals surface area contributed by atoms with Gasteiger partial charge in [0.1, 0.15) is 0 Å². The van der Waals surface area contributed by atoms with E-state index in [-0.39, 0.29) is 17.6 Å². The van der Waals surface area contributed by atoms with Gasteiger partial charge in [-0.3, -0.25) is 9.59 Å². The van der Waals surface area contributed by atoms with E-state index in [9.17, 15) is 9.59 Å². The van der Waals surface area contributed by atoms with Crippen LogP contribution in [0.3, 0.4) is 0 Å². The van der Waals surface area contributed by atoms with Gasteiger partial charge in [-0.05, 0) is 43.2 Å². The molecule has 0 saturated heterocycles. The number of aromatic nitrogens is 3. The van der Waals surface area contributed by atoms with Crippen molar-refractivity contribution in [2.45, 2.75) is 28.4 Å². The number of hydrogen-bond acceptors (Lipinski definition) is 7. The first-order valence-electron chi connectivity index (χ1n) is 9.82. The van der Waals surface area contributed by atoms with E-state index >= 15 is 0 Å². The SMILES string of the molecule is O=C(CSc1nc2ccccc2[nH]1)Nc1ccc2nc(SCC(=O)NC3CC3)sc2c1. The highest BCUT2D eigenvalue weighted by Crippen LogP contribution is 2.31. The third-order valence-corrected chi connectivity index (χ3v) is 7.66. The molecule has 2 aromatic carbocycles. The minimum atomic E-state index is -0.0966. The highest BCUT2D eigenvalue weighted by atomic mass is 32.2. The summed E-state index contributed by atoms with van der Waals surface area (Å²) in [6.45, 7) is 0. The number of hydrogen-bond donors (Lipinski definition) is 3. The number of anilines is 1. The topological polar surface area (TPSA) is 99.8 Å². The average molecular weight is 470 g/mol. The first kappa shape index (κ1) is 20.3. The number of benzene rings is 2. The van der Waals surface area contributed by atoms with Gasteiger partial charge in [0.05, 0.1) is 32.8 Å². The number of imidazole rings is 1. The monoisotopic (exact) mass is 469 g/mol. The maximum Gasteiger partial charge on any atom is 0.234 e. The van der Waals surface area contributed by atoms with E-state index in [1.165, 1.54) is 34.9 Å². The van der Waals surface area contributed by atoms with E-state index < -0.39 is 0 Å². The molecule has 1 aliphatic carbocycles. The lowest BCUT2D eigenvalue weighted by atomic mass is 10.3. The van der Waals surface area contributed by atoms with E-state index in [1.54, 1.807) is 0 Å². The molecule has 2 aromatic heterocycles. The maximum atomic E-state index is 12.4. The molecule has 0 spiro atoms. The molecule has 3 N–H and O–H groups in total. The molecule has 1 aliphatic rings. The molecule has 158 valence electrons. The number of rotatable bonds is 8. The van der Waals surface area contributed by atoms with Crippen LogP contribution in [-0.2, 0) is 9.59 Å². The molecule has 1 saturated carbocycles. The molecule has 0 unspecified atom stereocenters. The number of nitrogens with one attached hydrogen (secondary N) is 3. The van der Waals surface area contributed by atoms with Gasteiger partial charge in [0.2, 0.25) is 11.8 Å². The van der Waals surface area contributed by atoms with E-state index in [0.717, 1.165) is 49.3 Å². The summed E-state index contributed by atoms with van der Waals surface area (Å²) in [5, 5.41) is 6.64. The van der Waals surface area contributed by atoms with Crippen molar-refractivity contribution in [2.75, 3.05) is 16.8 Å². The Hall–Kier alpha value is -2.56. The number of aromatic amines is 1. The summed E-state index contributed by atoms with van der Waals surface area (Å²) in [6.07, 6.45) is 2.17. The molecule has 1 fully saturated rings. The highest BCUT2D eigenvalue weighted by molar-refractivity contribution is 8.01. The second-order valence-corrected chi connectivity index (χ2v) is 10.4. The fourth-order valence-electron chi connectivity index (χ4n) is 3.00. The zero-order valence-electron chi connectivity index (χ0n) is 16.4. The molecule has 0 bridgehead atoms. The Morgan fingerprint density at radius 1 is 1.03 bits per heavy atom. The normalized spacial score (nSPS) is 13.5. The van der Waals surface area contributed by atoms with Crippen LogP contribution in [0, 0.1) is 0 Å². The fraction of sp³-hybridized carbons (Fsp3) is 0.238. The number of thioether (sulfide) groups is 2. The van der Waals surface area contributed by atoms with Gasteiger partial charge in [0.25, 0.3) is 0 Å². The van der Waals surface area contributed by atoms with E-state index in [2.05, 4.69) is 25.6 Å². The number of carbonyl (C=O) groups excluding carboxylic acids is 2. The summed E-state index contributed by atoms with van der Waals surface area (Å²) >= 11 is 4.34. The van der Waals surface area contributed by atoms with E-state index in [1.807, 2.05) is 42.5 Å². The molecule has 5 rings (SSSR count). The summed E-state index contributed by atoms with van der Waals surface area (Å²) in [7, 11) is 0. The van der Waals surface area contributed by atoms with Gasteiger partial charge in [-0.15, -0.1) is 11.3 Å². The Kier molecular flexibility index (Phi) is 5.84. The molecule has 2 heterocycles. The van der Waals surface area contributed by atoms with E-state index in [0.29, 0.717) is 11.8 Å². The number of thiazole rings is 1. The second-order valence-electron chi connectivity index (χ2n) is 7.19. The van der Waals surface area contributed by atoms with Crippen LogP contribution >= 0.6 is 34.9 Å². The lowest BCUT2D eigenvalue weighted by Gasteiger charge is -2.04. The standard InChI is InChI=1S/C21H19N5O2S3/c27-18(10-29-20-24-14-3-1-2-4-15(14)25-20)23-13-7-8-16-17(9-13)31-21(26-16)30-11-19(28)22-12-5-6-12/h1-4,7-9,12H,5-6,10-11H2,(H,22,28)(H,23,27)(H,24,25). The van der Waals surface area contributed by atoms with Crippen LogP contribution in [0.5, 0.6) is 0 Å². The largest absolute Gasteiger partial charge is 0.353 e. The Balaban J connectivity index is 1.16. The van der Waals surface area contributed by atoms with Crippen molar-refractivity contribution in [3.05, 3.63) is 42.5 Å². The lowest BCUT2D eigenvalue weighted by molar-refractivity contribution is -0.118. The van der Waals surface area contributed by atoms with Gasteiger partial charge in [-0.25, -0.2) is 9.97 Å². The minimum absolute atomic E-state index is 0.0571. The van der Waals surface area contributed by atoms with Crippen LogP contribution in [0.4, 0.5) is 5.69 Å². The molecule has 0 radical (unpaired) electrons. The summed E-state index contributed by atoms with van der Waals surface area (Å²) in [6, 6.07) is 13.8. The summed E-state index contributed by atoms with van der Waals surface area (Å²) < 4.78 is 1.83. The van der Waals surface area contributed by atoms with Gasteiger partial charge >= 0.3 is 0 Å². The third-order valence-electron chi connectivity index (χ3n) is 4.63. The zero-order chi connectivity index (χ0) is 21.2. The van der Waals surface area contributed by atoms with Gasteiger partial charge in [0, 0.05) is 11.7 Å². The predicted molar refractivity (Wildman–Crippen MR) is 127 cm³/mol.